The highest BCUT2D eigenvalue weighted by atomic mass is 32.2. The molecule has 2 aromatic carbocycles. The van der Waals surface area contributed by atoms with Crippen LogP contribution in [0.25, 0.3) is 0 Å². The third-order valence-corrected chi connectivity index (χ3v) is 8.17. The van der Waals surface area contributed by atoms with E-state index in [1.807, 2.05) is 69.3 Å². The molecule has 0 bridgehead atoms. The number of hydrogen-bond acceptors (Lipinski definition) is 4. The molecule has 5 nitrogen and oxygen atoms in total. The van der Waals surface area contributed by atoms with Crippen molar-refractivity contribution in [3.05, 3.63) is 72.3 Å². The van der Waals surface area contributed by atoms with Gasteiger partial charge in [0.05, 0.1) is 19.5 Å². The van der Waals surface area contributed by atoms with E-state index < -0.39 is 15.3 Å². The lowest BCUT2D eigenvalue weighted by Crippen LogP contribution is -2.43. The van der Waals surface area contributed by atoms with Crippen molar-refractivity contribution in [2.75, 3.05) is 14.2 Å². The predicted octanol–water partition coefficient (Wildman–Crippen LogP) is 5.27. The summed E-state index contributed by atoms with van der Waals surface area (Å²) < 4.78 is 39.8. The first-order valence-corrected chi connectivity index (χ1v) is 12.1. The van der Waals surface area contributed by atoms with Gasteiger partial charge in [0.2, 0.25) is 10.0 Å². The minimum Gasteiger partial charge on any atom is -0.497 e. The molecule has 0 amide bonds. The summed E-state index contributed by atoms with van der Waals surface area (Å²) in [6.45, 7) is 10.3. The summed E-state index contributed by atoms with van der Waals surface area (Å²) >= 11 is 0. The molecule has 0 aliphatic heterocycles. The Balaban J connectivity index is 2.42. The molecule has 170 valence electrons. The quantitative estimate of drug-likeness (QED) is 0.418. The highest BCUT2D eigenvalue weighted by molar-refractivity contribution is 7.89. The van der Waals surface area contributed by atoms with Crippen LogP contribution in [0.1, 0.15) is 38.3 Å². The smallest absolute Gasteiger partial charge is 0.218 e. The third-order valence-electron chi connectivity index (χ3n) is 5.50. The maximum absolute atomic E-state index is 13.9. The highest BCUT2D eigenvalue weighted by Gasteiger charge is 2.37. The number of ether oxygens (including phenoxy) is 2. The van der Waals surface area contributed by atoms with Crippen LogP contribution in [0, 0.1) is 11.8 Å². The lowest BCUT2D eigenvalue weighted by atomic mass is 9.95. The molecule has 2 aromatic rings. The number of benzene rings is 2. The molecule has 0 saturated heterocycles. The van der Waals surface area contributed by atoms with Crippen LogP contribution in [0.2, 0.25) is 0 Å². The molecule has 0 N–H and O–H groups in total. The number of hydrogen-bond donors (Lipinski definition) is 0. The molecule has 0 aromatic heterocycles. The van der Waals surface area contributed by atoms with Crippen LogP contribution in [0.15, 0.2) is 61.2 Å². The van der Waals surface area contributed by atoms with Crippen LogP contribution >= 0.6 is 0 Å². The molecule has 0 aliphatic rings. The van der Waals surface area contributed by atoms with Gasteiger partial charge in [0.15, 0.2) is 0 Å². The van der Waals surface area contributed by atoms with Crippen molar-refractivity contribution in [3.8, 4) is 11.5 Å². The lowest BCUT2D eigenvalue weighted by molar-refractivity contribution is 0.355. The first-order chi connectivity index (χ1) is 14.7. The zero-order chi connectivity index (χ0) is 23.0. The molecular weight excluding hydrogens is 410 g/mol. The molecule has 31 heavy (non-hydrogen) atoms. The van der Waals surface area contributed by atoms with Crippen molar-refractivity contribution in [2.45, 2.75) is 45.5 Å². The zero-order valence-electron chi connectivity index (χ0n) is 19.2. The molecular formula is C25H35NO4S. The van der Waals surface area contributed by atoms with E-state index >= 15 is 0 Å². The highest BCUT2D eigenvalue weighted by Crippen LogP contribution is 2.29. The van der Waals surface area contributed by atoms with E-state index in [-0.39, 0.29) is 11.8 Å². The van der Waals surface area contributed by atoms with Gasteiger partial charge in [-0.3, -0.25) is 0 Å². The van der Waals surface area contributed by atoms with Crippen LogP contribution in [-0.2, 0) is 23.1 Å². The summed E-state index contributed by atoms with van der Waals surface area (Å²) in [4.78, 5) is 0. The Kier molecular flexibility index (Phi) is 9.14. The number of sulfonamides is 1. The molecule has 0 unspecified atom stereocenters. The van der Waals surface area contributed by atoms with Gasteiger partial charge in [-0.25, -0.2) is 8.42 Å². The van der Waals surface area contributed by atoms with Crippen LogP contribution in [0.4, 0.5) is 0 Å². The van der Waals surface area contributed by atoms with Gasteiger partial charge in [-0.15, -0.1) is 6.58 Å². The van der Waals surface area contributed by atoms with E-state index in [0.29, 0.717) is 19.5 Å². The fraction of sp³-hybridized carbons (Fsp3) is 0.440. The average Bonchev–Trinajstić information content (AvgIpc) is 2.74. The maximum atomic E-state index is 13.9. The van der Waals surface area contributed by atoms with Crippen molar-refractivity contribution >= 4 is 10.0 Å². The van der Waals surface area contributed by atoms with Gasteiger partial charge in [0.1, 0.15) is 11.5 Å². The van der Waals surface area contributed by atoms with Crippen LogP contribution in [0.3, 0.4) is 0 Å². The SMILES string of the molecule is C=CC[C@H](C)[C@H](C(C)C)S(=O)(=O)N(Cc1ccc(OC)cc1)Cc1ccc(OC)cc1. The fourth-order valence-electron chi connectivity index (χ4n) is 3.97. The van der Waals surface area contributed by atoms with E-state index in [2.05, 4.69) is 6.58 Å². The van der Waals surface area contributed by atoms with E-state index in [9.17, 15) is 8.42 Å². The minimum atomic E-state index is -3.59. The van der Waals surface area contributed by atoms with Crippen LogP contribution in [0.5, 0.6) is 11.5 Å². The molecule has 0 saturated carbocycles. The Morgan fingerprint density at radius 1 is 0.871 bits per heavy atom. The maximum Gasteiger partial charge on any atom is 0.218 e. The van der Waals surface area contributed by atoms with Gasteiger partial charge in [-0.1, -0.05) is 51.1 Å². The van der Waals surface area contributed by atoms with E-state index in [1.54, 1.807) is 24.6 Å². The number of allylic oxidation sites excluding steroid dienone is 1. The summed E-state index contributed by atoms with van der Waals surface area (Å²) in [7, 11) is -0.359. The molecule has 6 heteroatoms. The van der Waals surface area contributed by atoms with Crippen molar-refractivity contribution in [1.29, 1.82) is 0 Å². The Bertz CT molecular complexity index is 871. The zero-order valence-corrected chi connectivity index (χ0v) is 20.1. The second-order valence-corrected chi connectivity index (χ2v) is 10.3. The predicted molar refractivity (Wildman–Crippen MR) is 127 cm³/mol. The van der Waals surface area contributed by atoms with Crippen molar-refractivity contribution < 1.29 is 17.9 Å². The van der Waals surface area contributed by atoms with E-state index in [0.717, 1.165) is 22.6 Å². The topological polar surface area (TPSA) is 55.8 Å². The van der Waals surface area contributed by atoms with Gasteiger partial charge in [-0.2, -0.15) is 4.31 Å². The Hall–Kier alpha value is -2.31. The summed E-state index contributed by atoms with van der Waals surface area (Å²) in [5.41, 5.74) is 1.83. The van der Waals surface area contributed by atoms with Crippen molar-refractivity contribution in [2.24, 2.45) is 11.8 Å². The molecule has 0 fully saturated rings. The Morgan fingerprint density at radius 3 is 1.61 bits per heavy atom. The molecule has 2 atom stereocenters. The number of rotatable bonds is 12. The first kappa shape index (κ1) is 25.0. The standard InChI is InChI=1S/C25H35NO4S/c1-7-8-20(4)25(19(2)3)31(27,28)26(17-21-9-13-23(29-5)14-10-21)18-22-11-15-24(30-6)16-12-22/h7,9-16,19-20,25H,1,8,17-18H2,2-6H3/t20-,25-/m0/s1. The van der Waals surface area contributed by atoms with Crippen molar-refractivity contribution in [1.82, 2.24) is 4.31 Å². The van der Waals surface area contributed by atoms with Gasteiger partial charge in [0, 0.05) is 13.1 Å². The lowest BCUT2D eigenvalue weighted by Gasteiger charge is -2.33. The van der Waals surface area contributed by atoms with Gasteiger partial charge >= 0.3 is 0 Å². The average molecular weight is 446 g/mol. The third kappa shape index (κ3) is 6.58. The molecule has 2 rings (SSSR count). The molecule has 0 heterocycles. The van der Waals surface area contributed by atoms with Crippen molar-refractivity contribution in [3.63, 3.8) is 0 Å². The van der Waals surface area contributed by atoms with E-state index in [1.165, 1.54) is 0 Å². The Morgan fingerprint density at radius 2 is 1.29 bits per heavy atom. The second kappa shape index (κ2) is 11.3. The van der Waals surface area contributed by atoms with Gasteiger partial charge in [-0.05, 0) is 53.6 Å². The summed E-state index contributed by atoms with van der Waals surface area (Å²) in [5, 5.41) is -0.498. The largest absolute Gasteiger partial charge is 0.497 e. The Labute approximate surface area is 187 Å². The number of nitrogens with zero attached hydrogens (tertiary/aromatic N) is 1. The number of methoxy groups -OCH3 is 2. The summed E-state index contributed by atoms with van der Waals surface area (Å²) in [6.07, 6.45) is 2.45. The first-order valence-electron chi connectivity index (χ1n) is 10.6. The summed E-state index contributed by atoms with van der Waals surface area (Å²) in [6, 6.07) is 15.1. The van der Waals surface area contributed by atoms with Gasteiger partial charge in [0.25, 0.3) is 0 Å². The molecule has 0 radical (unpaired) electrons. The van der Waals surface area contributed by atoms with Crippen LogP contribution < -0.4 is 9.47 Å². The molecule has 0 aliphatic carbocycles. The fourth-order valence-corrected chi connectivity index (χ4v) is 6.36. The second-order valence-electron chi connectivity index (χ2n) is 8.22. The van der Waals surface area contributed by atoms with E-state index in [4.69, 9.17) is 9.47 Å². The monoisotopic (exact) mass is 445 g/mol. The van der Waals surface area contributed by atoms with Crippen LogP contribution in [-0.4, -0.2) is 32.2 Å². The normalized spacial score (nSPS) is 13.8. The minimum absolute atomic E-state index is 0.0193. The van der Waals surface area contributed by atoms with Gasteiger partial charge < -0.3 is 9.47 Å². The molecule has 0 spiro atoms. The summed E-state index contributed by atoms with van der Waals surface area (Å²) in [5.74, 6) is 1.44.